The Morgan fingerprint density at radius 2 is 1.81 bits per heavy atom. The number of hydrogen-bond donors (Lipinski definition) is 5. The van der Waals surface area contributed by atoms with Crippen molar-refractivity contribution in [3.8, 4) is 16.9 Å². The quantitative estimate of drug-likeness (QED) is 0.213. The summed E-state index contributed by atoms with van der Waals surface area (Å²) in [6, 6.07) is 19.5. The third kappa shape index (κ3) is 4.78. The van der Waals surface area contributed by atoms with Gasteiger partial charge in [0.1, 0.15) is 11.6 Å². The molecule has 0 spiro atoms. The molecule has 0 radical (unpaired) electrons. The topological polar surface area (TPSA) is 134 Å². The summed E-state index contributed by atoms with van der Waals surface area (Å²) < 4.78 is 5.72. The van der Waals surface area contributed by atoms with Crippen LogP contribution in [0.5, 0.6) is 5.75 Å². The minimum atomic E-state index is -1.44. The molecule has 31 heavy (non-hydrogen) atoms. The minimum Gasteiger partial charge on any atom is -0.494 e. The number of rotatable bonds is 8. The van der Waals surface area contributed by atoms with Gasteiger partial charge in [0.15, 0.2) is 5.54 Å². The Hall–Kier alpha value is -4.00. The lowest BCUT2D eigenvalue weighted by Gasteiger charge is -2.29. The van der Waals surface area contributed by atoms with Gasteiger partial charge in [-0.25, -0.2) is 4.79 Å². The third-order valence-corrected chi connectivity index (χ3v) is 5.03. The van der Waals surface area contributed by atoms with Crippen LogP contribution < -0.4 is 21.5 Å². The number of carbonyl (C=O) groups is 1. The van der Waals surface area contributed by atoms with E-state index in [0.717, 1.165) is 11.1 Å². The van der Waals surface area contributed by atoms with Crippen LogP contribution in [0.25, 0.3) is 11.1 Å². The number of carboxylic acid groups (broad SMARTS) is 1. The molecule has 3 rings (SSSR count). The predicted molar refractivity (Wildman–Crippen MR) is 124 cm³/mol. The maximum Gasteiger partial charge on any atom is 0.333 e. The van der Waals surface area contributed by atoms with Crippen molar-refractivity contribution in [2.45, 2.75) is 19.4 Å². The first kappa shape index (κ1) is 21.7. The number of ether oxygens (including phenoxy) is 1. The van der Waals surface area contributed by atoms with Crippen molar-refractivity contribution in [2.24, 2.45) is 5.73 Å². The summed E-state index contributed by atoms with van der Waals surface area (Å²) in [5.41, 5.74) is 13.9. The van der Waals surface area contributed by atoms with Crippen LogP contribution in [0.2, 0.25) is 0 Å². The molecule has 0 aliphatic rings. The van der Waals surface area contributed by atoms with Gasteiger partial charge in [-0.05, 0) is 85.1 Å². The Labute approximate surface area is 181 Å². The van der Waals surface area contributed by atoms with Crippen LogP contribution in [0.1, 0.15) is 25.0 Å². The fourth-order valence-corrected chi connectivity index (χ4v) is 3.29. The predicted octanol–water partition coefficient (Wildman–Crippen LogP) is 4.03. The highest BCUT2D eigenvalue weighted by Gasteiger charge is 2.36. The number of carboxylic acids is 1. The summed E-state index contributed by atoms with van der Waals surface area (Å²) in [6.07, 6.45) is 0. The van der Waals surface area contributed by atoms with Crippen molar-refractivity contribution in [1.82, 2.24) is 0 Å². The largest absolute Gasteiger partial charge is 0.494 e. The van der Waals surface area contributed by atoms with E-state index in [1.807, 2.05) is 37.3 Å². The summed E-state index contributed by atoms with van der Waals surface area (Å²) >= 11 is 0. The lowest BCUT2D eigenvalue weighted by Crippen LogP contribution is -2.40. The Bertz CT molecular complexity index is 1110. The molecule has 7 N–H and O–H groups in total. The van der Waals surface area contributed by atoms with Gasteiger partial charge < -0.3 is 26.6 Å². The molecular weight excluding hydrogens is 392 g/mol. The Balaban J connectivity index is 2.08. The number of benzene rings is 3. The van der Waals surface area contributed by atoms with Crippen molar-refractivity contribution in [2.75, 3.05) is 17.7 Å². The molecule has 0 bridgehead atoms. The summed E-state index contributed by atoms with van der Waals surface area (Å²) in [4.78, 5) is 12.4. The van der Waals surface area contributed by atoms with Crippen molar-refractivity contribution in [3.63, 3.8) is 0 Å². The average Bonchev–Trinajstić information content (AvgIpc) is 2.74. The van der Waals surface area contributed by atoms with Gasteiger partial charge in [-0.15, -0.1) is 0 Å². The van der Waals surface area contributed by atoms with E-state index in [1.54, 1.807) is 43.3 Å². The summed E-state index contributed by atoms with van der Waals surface area (Å²) in [6.45, 7) is 3.92. The van der Waals surface area contributed by atoms with E-state index >= 15 is 0 Å². The number of nitrogens with two attached hydrogens (primary N) is 2. The molecule has 0 fully saturated rings. The van der Waals surface area contributed by atoms with Gasteiger partial charge >= 0.3 is 5.97 Å². The molecule has 160 valence electrons. The number of anilines is 2. The molecule has 0 aromatic heterocycles. The van der Waals surface area contributed by atoms with Crippen molar-refractivity contribution in [3.05, 3.63) is 77.9 Å². The fraction of sp³-hybridized carbons (Fsp3) is 0.167. The molecule has 0 saturated heterocycles. The lowest BCUT2D eigenvalue weighted by molar-refractivity contribution is -0.142. The molecule has 3 aromatic rings. The highest BCUT2D eigenvalue weighted by atomic mass is 16.5. The number of hydrogen-bond acceptors (Lipinski definition) is 5. The van der Waals surface area contributed by atoms with Crippen LogP contribution in [0.3, 0.4) is 0 Å². The Kier molecular flexibility index (Phi) is 6.15. The van der Waals surface area contributed by atoms with Gasteiger partial charge in [-0.1, -0.05) is 12.1 Å². The summed E-state index contributed by atoms with van der Waals surface area (Å²) in [5, 5.41) is 20.8. The number of nitrogen functional groups attached to an aromatic ring is 2. The first-order valence-corrected chi connectivity index (χ1v) is 9.83. The van der Waals surface area contributed by atoms with Gasteiger partial charge in [0.25, 0.3) is 0 Å². The molecule has 3 aromatic carbocycles. The first-order chi connectivity index (χ1) is 14.7. The first-order valence-electron chi connectivity index (χ1n) is 9.83. The third-order valence-electron chi connectivity index (χ3n) is 5.03. The molecule has 0 saturated carbocycles. The van der Waals surface area contributed by atoms with Crippen LogP contribution in [0, 0.1) is 5.41 Å². The molecule has 0 amide bonds. The van der Waals surface area contributed by atoms with Gasteiger partial charge in [-0.3, -0.25) is 5.41 Å². The van der Waals surface area contributed by atoms with Crippen LogP contribution in [0.15, 0.2) is 66.7 Å². The maximum atomic E-state index is 12.4. The monoisotopic (exact) mass is 418 g/mol. The van der Waals surface area contributed by atoms with Crippen molar-refractivity contribution >= 4 is 23.2 Å². The number of aliphatic carboxylic acids is 1. The van der Waals surface area contributed by atoms with E-state index < -0.39 is 11.5 Å². The molecular formula is C24H26N4O3. The van der Waals surface area contributed by atoms with Gasteiger partial charge in [0.2, 0.25) is 0 Å². The standard InChI is InChI=1S/C24H26N4O3/c1-3-31-21-13-17(16-5-4-6-19(25)12-16)11-18(14-21)24(2,23(29)30)28-20-9-7-15(8-10-20)22(26)27/h4-14,28H,3,25H2,1-2H3,(H3,26,27)(H,29,30). The molecule has 1 atom stereocenters. The van der Waals surface area contributed by atoms with E-state index in [4.69, 9.17) is 21.6 Å². The normalized spacial score (nSPS) is 12.6. The summed E-state index contributed by atoms with van der Waals surface area (Å²) in [7, 11) is 0. The SMILES string of the molecule is CCOc1cc(-c2cccc(N)c2)cc(C(C)(Nc2ccc(C(=N)N)cc2)C(=O)O)c1. The van der Waals surface area contributed by atoms with Gasteiger partial charge in [-0.2, -0.15) is 0 Å². The zero-order valence-electron chi connectivity index (χ0n) is 17.5. The highest BCUT2D eigenvalue weighted by Crippen LogP contribution is 2.34. The average molecular weight is 418 g/mol. The molecule has 0 heterocycles. The van der Waals surface area contributed by atoms with Crippen LogP contribution in [0.4, 0.5) is 11.4 Å². The second-order valence-corrected chi connectivity index (χ2v) is 7.35. The van der Waals surface area contributed by atoms with Gasteiger partial charge in [0, 0.05) is 16.9 Å². The highest BCUT2D eigenvalue weighted by molar-refractivity contribution is 5.95. The van der Waals surface area contributed by atoms with Crippen molar-refractivity contribution < 1.29 is 14.6 Å². The maximum absolute atomic E-state index is 12.4. The van der Waals surface area contributed by atoms with E-state index in [-0.39, 0.29) is 5.84 Å². The summed E-state index contributed by atoms with van der Waals surface area (Å²) in [5.74, 6) is -0.530. The second-order valence-electron chi connectivity index (χ2n) is 7.35. The molecule has 0 aliphatic carbocycles. The molecule has 7 heteroatoms. The fourth-order valence-electron chi connectivity index (χ4n) is 3.29. The van der Waals surface area contributed by atoms with Crippen LogP contribution in [-0.4, -0.2) is 23.5 Å². The van der Waals surface area contributed by atoms with Gasteiger partial charge in [0.05, 0.1) is 6.61 Å². The smallest absolute Gasteiger partial charge is 0.333 e. The Morgan fingerprint density at radius 3 is 2.39 bits per heavy atom. The zero-order chi connectivity index (χ0) is 22.6. The molecule has 1 unspecified atom stereocenters. The zero-order valence-corrected chi connectivity index (χ0v) is 17.5. The Morgan fingerprint density at radius 1 is 1.10 bits per heavy atom. The lowest BCUT2D eigenvalue weighted by atomic mass is 9.88. The van der Waals surface area contributed by atoms with Crippen LogP contribution >= 0.6 is 0 Å². The number of amidine groups is 1. The second kappa shape index (κ2) is 8.79. The molecule has 0 aliphatic heterocycles. The van der Waals surface area contributed by atoms with E-state index in [2.05, 4.69) is 5.32 Å². The van der Waals surface area contributed by atoms with E-state index in [9.17, 15) is 9.90 Å². The van der Waals surface area contributed by atoms with E-state index in [0.29, 0.717) is 34.9 Å². The van der Waals surface area contributed by atoms with Crippen LogP contribution in [-0.2, 0) is 10.3 Å². The van der Waals surface area contributed by atoms with E-state index in [1.165, 1.54) is 0 Å². The number of nitrogens with one attached hydrogen (secondary N) is 2. The minimum absolute atomic E-state index is 0.0521. The molecule has 7 nitrogen and oxygen atoms in total. The van der Waals surface area contributed by atoms with Crippen molar-refractivity contribution in [1.29, 1.82) is 5.41 Å².